The van der Waals surface area contributed by atoms with Crippen LogP contribution in [0.4, 0.5) is 0 Å². The van der Waals surface area contributed by atoms with Gasteiger partial charge in [-0.3, -0.25) is 9.79 Å². The smallest absolute Gasteiger partial charge is 0.224 e. The van der Waals surface area contributed by atoms with E-state index in [4.69, 9.17) is 9.73 Å². The molecule has 3 rings (SSSR count). The van der Waals surface area contributed by atoms with Crippen LogP contribution in [0.3, 0.4) is 0 Å². The minimum absolute atomic E-state index is 0.254. The normalized spacial score (nSPS) is 28.1. The zero-order valence-electron chi connectivity index (χ0n) is 14.4. The third-order valence-corrected chi connectivity index (χ3v) is 5.30. The number of likely N-dealkylation sites (tertiary alicyclic amines) is 2. The van der Waals surface area contributed by atoms with Crippen LogP contribution in [0.2, 0.25) is 0 Å². The van der Waals surface area contributed by atoms with Crippen molar-refractivity contribution < 1.29 is 9.53 Å². The van der Waals surface area contributed by atoms with Crippen LogP contribution in [-0.4, -0.2) is 74.1 Å². The summed E-state index contributed by atoms with van der Waals surface area (Å²) < 4.78 is 5.60. The first-order valence-electron chi connectivity index (χ1n) is 9.11. The topological polar surface area (TPSA) is 57.2 Å². The van der Waals surface area contributed by atoms with Crippen molar-refractivity contribution in [2.24, 2.45) is 10.4 Å². The number of guanidine groups is 1. The summed E-state index contributed by atoms with van der Waals surface area (Å²) in [7, 11) is 0. The number of carbonyl (C=O) groups excluding carboxylic acids is 1. The quantitative estimate of drug-likeness (QED) is 0.621. The van der Waals surface area contributed by atoms with Crippen LogP contribution < -0.4 is 5.32 Å². The maximum atomic E-state index is 12.1. The zero-order chi connectivity index (χ0) is 16.1. The van der Waals surface area contributed by atoms with E-state index in [1.54, 1.807) is 0 Å². The fraction of sp³-hybridized carbons (Fsp3) is 0.882. The average Bonchev–Trinajstić information content (AvgIpc) is 3.29. The highest BCUT2D eigenvalue weighted by Crippen LogP contribution is 2.38. The maximum Gasteiger partial charge on any atom is 0.224 e. The Morgan fingerprint density at radius 2 is 2.04 bits per heavy atom. The van der Waals surface area contributed by atoms with Crippen LogP contribution in [0.25, 0.3) is 0 Å². The lowest BCUT2D eigenvalue weighted by molar-refractivity contribution is -0.129. The number of amides is 1. The first-order chi connectivity index (χ1) is 11.2. The SMILES string of the molecule is CCNC(=NCCC(=O)N1CCCC1)N1CCC2(CCOC2)C1. The van der Waals surface area contributed by atoms with Crippen molar-refractivity contribution in [1.29, 1.82) is 0 Å². The molecule has 6 nitrogen and oxygen atoms in total. The predicted octanol–water partition coefficient (Wildman–Crippen LogP) is 1.08. The van der Waals surface area contributed by atoms with E-state index in [0.717, 1.165) is 71.2 Å². The summed E-state index contributed by atoms with van der Waals surface area (Å²) in [6.07, 6.45) is 5.17. The molecule has 1 N–H and O–H groups in total. The Kier molecular flexibility index (Phi) is 5.41. The van der Waals surface area contributed by atoms with Crippen molar-refractivity contribution in [2.45, 2.75) is 39.0 Å². The number of nitrogens with zero attached hydrogens (tertiary/aromatic N) is 3. The van der Waals surface area contributed by atoms with Gasteiger partial charge in [0.05, 0.1) is 13.2 Å². The lowest BCUT2D eigenvalue weighted by Gasteiger charge is -2.25. The van der Waals surface area contributed by atoms with Crippen LogP contribution in [0.15, 0.2) is 4.99 Å². The van der Waals surface area contributed by atoms with E-state index in [0.29, 0.717) is 18.4 Å². The molecular formula is C17H30N4O2. The van der Waals surface area contributed by atoms with Crippen molar-refractivity contribution in [3.05, 3.63) is 0 Å². The molecule has 3 aliphatic rings. The lowest BCUT2D eigenvalue weighted by atomic mass is 9.87. The molecule has 0 saturated carbocycles. The van der Waals surface area contributed by atoms with Crippen LogP contribution in [0.5, 0.6) is 0 Å². The molecule has 0 bridgehead atoms. The Bertz CT molecular complexity index is 440. The van der Waals surface area contributed by atoms with Gasteiger partial charge in [0.1, 0.15) is 0 Å². The van der Waals surface area contributed by atoms with Gasteiger partial charge in [0.2, 0.25) is 5.91 Å². The van der Waals surface area contributed by atoms with Crippen molar-refractivity contribution in [3.63, 3.8) is 0 Å². The van der Waals surface area contributed by atoms with E-state index in [1.165, 1.54) is 6.42 Å². The van der Waals surface area contributed by atoms with E-state index < -0.39 is 0 Å². The van der Waals surface area contributed by atoms with Gasteiger partial charge < -0.3 is 19.9 Å². The fourth-order valence-electron chi connectivity index (χ4n) is 3.90. The Morgan fingerprint density at radius 1 is 1.22 bits per heavy atom. The number of ether oxygens (including phenoxy) is 1. The third kappa shape index (κ3) is 3.97. The van der Waals surface area contributed by atoms with Crippen molar-refractivity contribution in [2.75, 3.05) is 52.5 Å². The molecule has 1 unspecified atom stereocenters. The fourth-order valence-corrected chi connectivity index (χ4v) is 3.90. The van der Waals surface area contributed by atoms with Gasteiger partial charge in [0.15, 0.2) is 5.96 Å². The number of hydrogen-bond acceptors (Lipinski definition) is 3. The van der Waals surface area contributed by atoms with Gasteiger partial charge in [0, 0.05) is 51.2 Å². The molecule has 23 heavy (non-hydrogen) atoms. The van der Waals surface area contributed by atoms with E-state index >= 15 is 0 Å². The number of rotatable bonds is 4. The highest BCUT2D eigenvalue weighted by molar-refractivity contribution is 5.81. The summed E-state index contributed by atoms with van der Waals surface area (Å²) >= 11 is 0. The second-order valence-electron chi connectivity index (χ2n) is 7.05. The molecule has 0 aromatic carbocycles. The molecule has 0 aromatic rings. The van der Waals surface area contributed by atoms with Gasteiger partial charge in [-0.05, 0) is 32.6 Å². The van der Waals surface area contributed by atoms with Crippen LogP contribution in [0.1, 0.15) is 39.0 Å². The standard InChI is InChI=1S/C17H30N4O2/c1-2-18-16(19-8-5-15(22)20-9-3-4-10-20)21-11-6-17(13-21)7-12-23-14-17/h2-14H2,1H3,(H,18,19). The van der Waals surface area contributed by atoms with Crippen LogP contribution >= 0.6 is 0 Å². The van der Waals surface area contributed by atoms with Crippen molar-refractivity contribution in [1.82, 2.24) is 15.1 Å². The molecular weight excluding hydrogens is 292 g/mol. The predicted molar refractivity (Wildman–Crippen MR) is 90.5 cm³/mol. The van der Waals surface area contributed by atoms with E-state index in [-0.39, 0.29) is 5.91 Å². The number of aliphatic imine (C=N–C) groups is 1. The molecule has 3 saturated heterocycles. The molecule has 1 atom stereocenters. The Hall–Kier alpha value is -1.30. The Labute approximate surface area is 139 Å². The number of nitrogens with one attached hydrogen (secondary N) is 1. The van der Waals surface area contributed by atoms with Gasteiger partial charge in [-0.2, -0.15) is 0 Å². The van der Waals surface area contributed by atoms with Gasteiger partial charge in [-0.15, -0.1) is 0 Å². The molecule has 3 heterocycles. The number of hydrogen-bond donors (Lipinski definition) is 1. The van der Waals surface area contributed by atoms with Crippen molar-refractivity contribution >= 4 is 11.9 Å². The van der Waals surface area contributed by atoms with Gasteiger partial charge in [0.25, 0.3) is 0 Å². The average molecular weight is 322 g/mol. The largest absolute Gasteiger partial charge is 0.381 e. The van der Waals surface area contributed by atoms with Crippen LogP contribution in [-0.2, 0) is 9.53 Å². The summed E-state index contributed by atoms with van der Waals surface area (Å²) in [6.45, 7) is 9.23. The molecule has 0 aromatic heterocycles. The molecule has 0 aliphatic carbocycles. The summed E-state index contributed by atoms with van der Waals surface area (Å²) in [4.78, 5) is 21.1. The minimum atomic E-state index is 0.254. The van der Waals surface area contributed by atoms with Crippen molar-refractivity contribution in [3.8, 4) is 0 Å². The van der Waals surface area contributed by atoms with Crippen LogP contribution in [0, 0.1) is 5.41 Å². The first-order valence-corrected chi connectivity index (χ1v) is 9.11. The monoisotopic (exact) mass is 322 g/mol. The molecule has 1 spiro atoms. The molecule has 130 valence electrons. The second-order valence-corrected chi connectivity index (χ2v) is 7.05. The summed E-state index contributed by atoms with van der Waals surface area (Å²) in [5, 5.41) is 3.38. The summed E-state index contributed by atoms with van der Waals surface area (Å²) in [5.41, 5.74) is 0.335. The van der Waals surface area contributed by atoms with E-state index in [2.05, 4.69) is 17.1 Å². The minimum Gasteiger partial charge on any atom is -0.381 e. The molecule has 3 aliphatic heterocycles. The Morgan fingerprint density at radius 3 is 2.74 bits per heavy atom. The van der Waals surface area contributed by atoms with Gasteiger partial charge >= 0.3 is 0 Å². The summed E-state index contributed by atoms with van der Waals surface area (Å²) in [6, 6.07) is 0. The molecule has 6 heteroatoms. The van der Waals surface area contributed by atoms with E-state index in [9.17, 15) is 4.79 Å². The third-order valence-electron chi connectivity index (χ3n) is 5.30. The zero-order valence-corrected chi connectivity index (χ0v) is 14.4. The second kappa shape index (κ2) is 7.51. The highest BCUT2D eigenvalue weighted by atomic mass is 16.5. The van der Waals surface area contributed by atoms with Gasteiger partial charge in [-0.1, -0.05) is 0 Å². The Balaban J connectivity index is 1.52. The number of carbonyl (C=O) groups is 1. The van der Waals surface area contributed by atoms with Gasteiger partial charge in [-0.25, -0.2) is 0 Å². The maximum absolute atomic E-state index is 12.1. The molecule has 0 radical (unpaired) electrons. The highest BCUT2D eigenvalue weighted by Gasteiger charge is 2.42. The van der Waals surface area contributed by atoms with E-state index in [1.807, 2.05) is 4.90 Å². The lowest BCUT2D eigenvalue weighted by Crippen LogP contribution is -2.41. The molecule has 3 fully saturated rings. The first kappa shape index (κ1) is 16.6. The summed E-state index contributed by atoms with van der Waals surface area (Å²) in [5.74, 6) is 1.22. The molecule has 1 amide bonds.